The number of thiazole rings is 1. The summed E-state index contributed by atoms with van der Waals surface area (Å²) in [5.74, 6) is 0.830. The SMILES string of the molecule is C=C(Br)CNCc1nc2c(s1)CC(C)CC2. The summed E-state index contributed by atoms with van der Waals surface area (Å²) in [5, 5.41) is 4.54. The summed E-state index contributed by atoms with van der Waals surface area (Å²) >= 11 is 5.21. The molecule has 1 aromatic heterocycles. The fraction of sp³-hybridized carbons (Fsp3) is 0.583. The lowest BCUT2D eigenvalue weighted by molar-refractivity contribution is 0.501. The van der Waals surface area contributed by atoms with Crippen LogP contribution in [-0.4, -0.2) is 11.5 Å². The monoisotopic (exact) mass is 300 g/mol. The molecule has 0 bridgehead atoms. The smallest absolute Gasteiger partial charge is 0.107 e. The van der Waals surface area contributed by atoms with Crippen molar-refractivity contribution in [3.05, 3.63) is 26.6 Å². The zero-order valence-corrected chi connectivity index (χ0v) is 12.0. The lowest BCUT2D eigenvalue weighted by atomic mass is 9.93. The highest BCUT2D eigenvalue weighted by atomic mass is 79.9. The number of rotatable bonds is 4. The van der Waals surface area contributed by atoms with Gasteiger partial charge in [0.05, 0.1) is 5.69 Å². The van der Waals surface area contributed by atoms with Crippen LogP contribution >= 0.6 is 27.3 Å². The summed E-state index contributed by atoms with van der Waals surface area (Å²) in [4.78, 5) is 6.20. The molecule has 0 saturated heterocycles. The molecular formula is C12H17BrN2S. The molecular weight excluding hydrogens is 284 g/mol. The molecule has 4 heteroatoms. The van der Waals surface area contributed by atoms with Crippen LogP contribution in [-0.2, 0) is 19.4 Å². The third-order valence-corrected chi connectivity index (χ3v) is 4.22. The van der Waals surface area contributed by atoms with Gasteiger partial charge < -0.3 is 5.32 Å². The Morgan fingerprint density at radius 1 is 1.69 bits per heavy atom. The number of hydrogen-bond acceptors (Lipinski definition) is 3. The topological polar surface area (TPSA) is 24.9 Å². The summed E-state index contributed by atoms with van der Waals surface area (Å²) in [5.41, 5.74) is 1.34. The lowest BCUT2D eigenvalue weighted by Crippen LogP contribution is -2.14. The number of nitrogens with zero attached hydrogens (tertiary/aromatic N) is 1. The molecule has 1 atom stereocenters. The average Bonchev–Trinajstić information content (AvgIpc) is 2.58. The Balaban J connectivity index is 1.94. The summed E-state index contributed by atoms with van der Waals surface area (Å²) in [6, 6.07) is 0. The first kappa shape index (κ1) is 12.3. The molecule has 1 aliphatic rings. The van der Waals surface area contributed by atoms with Crippen molar-refractivity contribution in [1.82, 2.24) is 10.3 Å². The molecule has 2 rings (SSSR count). The maximum Gasteiger partial charge on any atom is 0.107 e. The molecule has 0 saturated carbocycles. The first-order valence-electron chi connectivity index (χ1n) is 5.66. The van der Waals surface area contributed by atoms with Crippen LogP contribution in [0.4, 0.5) is 0 Å². The van der Waals surface area contributed by atoms with Crippen molar-refractivity contribution in [2.45, 2.75) is 32.7 Å². The normalized spacial score (nSPS) is 19.5. The molecule has 1 aromatic rings. The average molecular weight is 301 g/mol. The van der Waals surface area contributed by atoms with E-state index >= 15 is 0 Å². The molecule has 0 spiro atoms. The van der Waals surface area contributed by atoms with Gasteiger partial charge in [0.25, 0.3) is 0 Å². The minimum absolute atomic E-state index is 0.806. The lowest BCUT2D eigenvalue weighted by Gasteiger charge is -2.15. The molecule has 0 aromatic carbocycles. The van der Waals surface area contributed by atoms with E-state index in [1.807, 2.05) is 11.3 Å². The fourth-order valence-corrected chi connectivity index (χ4v) is 3.42. The van der Waals surface area contributed by atoms with Gasteiger partial charge in [-0.1, -0.05) is 29.4 Å². The molecule has 0 radical (unpaired) electrons. The van der Waals surface area contributed by atoms with Crippen LogP contribution in [0.25, 0.3) is 0 Å². The molecule has 0 amide bonds. The van der Waals surface area contributed by atoms with Crippen LogP contribution in [0.1, 0.15) is 28.9 Å². The molecule has 1 N–H and O–H groups in total. The number of aryl methyl sites for hydroxylation is 1. The van der Waals surface area contributed by atoms with Crippen LogP contribution in [0, 0.1) is 5.92 Å². The van der Waals surface area contributed by atoms with Crippen molar-refractivity contribution >= 4 is 27.3 Å². The molecule has 1 aliphatic carbocycles. The zero-order chi connectivity index (χ0) is 11.5. The Kier molecular flexibility index (Phi) is 4.16. The van der Waals surface area contributed by atoms with E-state index in [9.17, 15) is 0 Å². The van der Waals surface area contributed by atoms with E-state index < -0.39 is 0 Å². The third kappa shape index (κ3) is 3.15. The Morgan fingerprint density at radius 2 is 2.50 bits per heavy atom. The first-order valence-corrected chi connectivity index (χ1v) is 7.27. The van der Waals surface area contributed by atoms with Gasteiger partial charge in [0, 0.05) is 22.4 Å². The molecule has 16 heavy (non-hydrogen) atoms. The molecule has 0 fully saturated rings. The second-order valence-corrected chi connectivity index (χ2v) is 6.74. The second kappa shape index (κ2) is 5.43. The minimum Gasteiger partial charge on any atom is -0.306 e. The summed E-state index contributed by atoms with van der Waals surface area (Å²) in [6.45, 7) is 7.79. The van der Waals surface area contributed by atoms with E-state index in [0.717, 1.165) is 29.9 Å². The second-order valence-electron chi connectivity index (χ2n) is 4.45. The Hall–Kier alpha value is -0.190. The van der Waals surface area contributed by atoms with Gasteiger partial charge >= 0.3 is 0 Å². The van der Waals surface area contributed by atoms with Gasteiger partial charge in [-0.05, 0) is 25.2 Å². The number of nitrogens with one attached hydrogen (secondary N) is 1. The number of aromatic nitrogens is 1. The van der Waals surface area contributed by atoms with Crippen molar-refractivity contribution in [2.24, 2.45) is 5.92 Å². The highest BCUT2D eigenvalue weighted by Gasteiger charge is 2.19. The van der Waals surface area contributed by atoms with Gasteiger partial charge in [-0.2, -0.15) is 0 Å². The molecule has 88 valence electrons. The Bertz CT molecular complexity index is 386. The van der Waals surface area contributed by atoms with E-state index in [1.165, 1.54) is 28.4 Å². The molecule has 0 aliphatic heterocycles. The number of hydrogen-bond donors (Lipinski definition) is 1. The van der Waals surface area contributed by atoms with Crippen LogP contribution in [0.5, 0.6) is 0 Å². The van der Waals surface area contributed by atoms with Gasteiger partial charge in [-0.3, -0.25) is 0 Å². The molecule has 2 nitrogen and oxygen atoms in total. The van der Waals surface area contributed by atoms with E-state index in [-0.39, 0.29) is 0 Å². The van der Waals surface area contributed by atoms with E-state index in [4.69, 9.17) is 4.98 Å². The van der Waals surface area contributed by atoms with Crippen molar-refractivity contribution < 1.29 is 0 Å². The van der Waals surface area contributed by atoms with Crippen molar-refractivity contribution in [3.8, 4) is 0 Å². The third-order valence-electron chi connectivity index (χ3n) is 2.82. The Labute approximate surface area is 109 Å². The summed E-state index contributed by atoms with van der Waals surface area (Å²) in [7, 11) is 0. The van der Waals surface area contributed by atoms with E-state index in [2.05, 4.69) is 34.7 Å². The quantitative estimate of drug-likeness (QED) is 0.923. The molecule has 1 heterocycles. The maximum atomic E-state index is 4.69. The van der Waals surface area contributed by atoms with Crippen molar-refractivity contribution in [1.29, 1.82) is 0 Å². The fourth-order valence-electron chi connectivity index (χ4n) is 1.97. The van der Waals surface area contributed by atoms with Crippen LogP contribution in [0.3, 0.4) is 0 Å². The largest absolute Gasteiger partial charge is 0.306 e. The van der Waals surface area contributed by atoms with Gasteiger partial charge in [0.1, 0.15) is 5.01 Å². The number of fused-ring (bicyclic) bond motifs is 1. The van der Waals surface area contributed by atoms with E-state index in [1.54, 1.807) is 0 Å². The zero-order valence-electron chi connectivity index (χ0n) is 9.55. The van der Waals surface area contributed by atoms with Crippen molar-refractivity contribution in [3.63, 3.8) is 0 Å². The predicted octanol–water partition coefficient (Wildman–Crippen LogP) is 3.27. The highest BCUT2D eigenvalue weighted by Crippen LogP contribution is 2.29. The Morgan fingerprint density at radius 3 is 3.25 bits per heavy atom. The van der Waals surface area contributed by atoms with Gasteiger partial charge in [-0.25, -0.2) is 4.98 Å². The van der Waals surface area contributed by atoms with Gasteiger partial charge in [0.2, 0.25) is 0 Å². The first-order chi connectivity index (χ1) is 7.65. The van der Waals surface area contributed by atoms with Crippen LogP contribution in [0.2, 0.25) is 0 Å². The minimum atomic E-state index is 0.806. The molecule has 1 unspecified atom stereocenters. The predicted molar refractivity (Wildman–Crippen MR) is 73.1 cm³/mol. The summed E-state index contributed by atoms with van der Waals surface area (Å²) in [6.07, 6.45) is 3.68. The van der Waals surface area contributed by atoms with Gasteiger partial charge in [0.15, 0.2) is 0 Å². The van der Waals surface area contributed by atoms with E-state index in [0.29, 0.717) is 0 Å². The highest BCUT2D eigenvalue weighted by molar-refractivity contribution is 9.11. The number of halogens is 1. The standard InChI is InChI=1S/C12H17BrN2S/c1-8-3-4-10-11(5-8)16-12(15-10)7-14-6-9(2)13/h8,14H,2-7H2,1H3. The summed E-state index contributed by atoms with van der Waals surface area (Å²) < 4.78 is 0.988. The maximum absolute atomic E-state index is 4.69. The van der Waals surface area contributed by atoms with Crippen LogP contribution < -0.4 is 5.32 Å². The van der Waals surface area contributed by atoms with Gasteiger partial charge in [-0.15, -0.1) is 11.3 Å². The van der Waals surface area contributed by atoms with Crippen molar-refractivity contribution in [2.75, 3.05) is 6.54 Å². The van der Waals surface area contributed by atoms with Crippen LogP contribution in [0.15, 0.2) is 11.1 Å².